The number of fused-ring (bicyclic) bond motifs is 1. The summed E-state index contributed by atoms with van der Waals surface area (Å²) < 4.78 is 20.6. The normalized spacial score (nSPS) is 22.8. The molecule has 1 aliphatic heterocycles. The first-order valence-corrected chi connectivity index (χ1v) is 14.5. The molecule has 0 aromatic carbocycles. The molecule has 272 valence electrons. The van der Waals surface area contributed by atoms with Gasteiger partial charge >= 0.3 is 25.7 Å². The van der Waals surface area contributed by atoms with E-state index in [4.69, 9.17) is 70.2 Å². The number of nitrogen functional groups attached to an aromatic ring is 1. The molecule has 0 bridgehead atoms. The Labute approximate surface area is 266 Å². The Morgan fingerprint density at radius 1 is 1.04 bits per heavy atom. The number of anilines is 1. The van der Waals surface area contributed by atoms with E-state index in [9.17, 15) is 34.5 Å². The van der Waals surface area contributed by atoms with E-state index in [1.54, 1.807) is 0 Å². The van der Waals surface area contributed by atoms with Crippen molar-refractivity contribution in [2.75, 3.05) is 18.9 Å². The zero-order valence-electron chi connectivity index (χ0n) is 24.2. The van der Waals surface area contributed by atoms with Crippen molar-refractivity contribution < 1.29 is 99.0 Å². The number of hydrogen-bond acceptors (Lipinski definition) is 19. The number of rotatable bonds is 13. The van der Waals surface area contributed by atoms with Crippen molar-refractivity contribution in [3.05, 3.63) is 12.7 Å². The summed E-state index contributed by atoms with van der Waals surface area (Å²) in [6.07, 6.45) is -12.1. The van der Waals surface area contributed by atoms with E-state index in [-0.39, 0.29) is 23.3 Å². The highest BCUT2D eigenvalue weighted by Gasteiger charge is 2.46. The lowest BCUT2D eigenvalue weighted by atomic mass is 9.96. The molecule has 0 aliphatic carbocycles. The summed E-state index contributed by atoms with van der Waals surface area (Å²) in [6.45, 7) is -1.37. The lowest BCUT2D eigenvalue weighted by Gasteiger charge is -2.22. The monoisotopic (exact) mass is 719 g/mol. The van der Waals surface area contributed by atoms with Gasteiger partial charge in [0, 0.05) is 0 Å². The maximum atomic E-state index is 11.9. The van der Waals surface area contributed by atoms with Crippen LogP contribution in [0.2, 0.25) is 0 Å². The molecule has 2 aromatic rings. The second-order valence-electron chi connectivity index (χ2n) is 9.77. The zero-order chi connectivity index (χ0) is 37.1. The summed E-state index contributed by atoms with van der Waals surface area (Å²) in [7, 11) is -4.64. The minimum absolute atomic E-state index is 0.0258. The molecular weight excluding hydrogens is 685 g/mol. The molecule has 0 radical (unpaired) electrons. The van der Waals surface area contributed by atoms with Gasteiger partial charge in [-0.25, -0.2) is 24.3 Å². The number of aliphatic carboxylic acids is 2. The maximum absolute atomic E-state index is 11.9. The van der Waals surface area contributed by atoms with Gasteiger partial charge in [-0.15, -0.1) is 0 Å². The average molecular weight is 720 g/mol. The Kier molecular flexibility index (Phi) is 15.9. The van der Waals surface area contributed by atoms with E-state index in [0.29, 0.717) is 0 Å². The number of phosphoric acid groups is 1. The van der Waals surface area contributed by atoms with Gasteiger partial charge in [0.1, 0.15) is 61.2 Å². The van der Waals surface area contributed by atoms with Crippen molar-refractivity contribution in [3.63, 3.8) is 0 Å². The molecule has 1 aliphatic rings. The number of nitrogens with two attached hydrogens (primary N) is 1. The highest BCUT2D eigenvalue weighted by molar-refractivity contribution is 7.45. The Balaban J connectivity index is 0.000000562. The third-order valence-corrected chi connectivity index (χ3v) is 6.11. The molecule has 3 rings (SSSR count). The zero-order valence-corrected chi connectivity index (χ0v) is 25.1. The highest BCUT2D eigenvalue weighted by atomic mass is 31.2. The number of ether oxygens (including phenoxy) is 2. The average Bonchev–Trinajstić information content (AvgIpc) is 3.54. The fraction of sp³-hybridized carbons (Fsp3) is 0.591. The Morgan fingerprint density at radius 3 is 2.12 bits per heavy atom. The van der Waals surface area contributed by atoms with E-state index in [1.807, 2.05) is 0 Å². The molecule has 0 saturated carbocycles. The van der Waals surface area contributed by atoms with Crippen LogP contribution in [-0.4, -0.2) is 171 Å². The van der Waals surface area contributed by atoms with Gasteiger partial charge in [0.05, 0.1) is 25.8 Å². The lowest BCUT2D eigenvalue weighted by molar-refractivity contribution is -0.173. The molecule has 9 atom stereocenters. The number of aldehydes is 1. The molecule has 0 amide bonds. The van der Waals surface area contributed by atoms with Crippen LogP contribution >= 0.6 is 7.82 Å². The third-order valence-electron chi connectivity index (χ3n) is 6.11. The molecule has 2 aromatic heterocycles. The van der Waals surface area contributed by atoms with E-state index < -0.39 is 106 Å². The van der Waals surface area contributed by atoms with Gasteiger partial charge in [0.15, 0.2) is 29.6 Å². The Bertz CT molecular complexity index is 1430. The Morgan fingerprint density at radius 2 is 1.62 bits per heavy atom. The first-order valence-electron chi connectivity index (χ1n) is 12.9. The standard InChI is InChI=1S/C16H19N5O10.C6H12O6.H3O4P/c17-12-9-13(19-4-18-12)21(5-20-9)14-11(26)10(25)6(31-14)3-30-8(24)2-16(29,15(27)28)1-7(22)23;7-1-3(9)5(11)6(12)4(10)2-8;1-5(2,3)4/h4-6,10-11,14,25-26,29H,1-3H2,(H,22,23)(H,27,28)(H2,17,18,19);1,3-6,8-12H,2H2;(H3,1,2,3,4)/t6-,10-,11-,14-,16?;3-,4+,5+,6+;/m10./s1. The van der Waals surface area contributed by atoms with Crippen LogP contribution in [-0.2, 0) is 33.2 Å². The second-order valence-corrected chi connectivity index (χ2v) is 10.8. The van der Waals surface area contributed by atoms with Crippen molar-refractivity contribution >= 4 is 49.0 Å². The summed E-state index contributed by atoms with van der Waals surface area (Å²) in [5.74, 6) is -4.69. The Hall–Kier alpha value is -3.82. The van der Waals surface area contributed by atoms with Crippen molar-refractivity contribution in [2.24, 2.45) is 0 Å². The molecule has 1 fully saturated rings. The number of carbonyl (C=O) groups is 4. The first-order chi connectivity index (χ1) is 22.1. The van der Waals surface area contributed by atoms with Crippen LogP contribution < -0.4 is 5.73 Å². The van der Waals surface area contributed by atoms with Crippen molar-refractivity contribution in [1.82, 2.24) is 19.5 Å². The number of aliphatic hydroxyl groups is 8. The van der Waals surface area contributed by atoms with Gasteiger partial charge in [-0.3, -0.25) is 14.2 Å². The number of nitrogens with zero attached hydrogens (tertiary/aromatic N) is 4. The molecule has 25 nitrogen and oxygen atoms in total. The van der Waals surface area contributed by atoms with Crippen molar-refractivity contribution in [2.45, 2.75) is 67.4 Å². The van der Waals surface area contributed by atoms with Crippen molar-refractivity contribution in [3.8, 4) is 0 Å². The van der Waals surface area contributed by atoms with E-state index in [0.717, 1.165) is 0 Å². The molecule has 15 N–H and O–H groups in total. The SMILES string of the molecule is Nc1ncnc2c1ncn2[C@@H]1O[C@H](COC(=O)CC(O)(CC(=O)O)C(=O)O)[C@@H](O)[C@H]1O.O=C[C@H](O)[C@@H](O)[C@H](O)[C@H](O)CO.O=P(O)(O)O. The van der Waals surface area contributed by atoms with Crippen LogP contribution in [0.3, 0.4) is 0 Å². The number of carboxylic acids is 2. The molecule has 1 saturated heterocycles. The maximum Gasteiger partial charge on any atom is 0.466 e. The summed E-state index contributed by atoms with van der Waals surface area (Å²) >= 11 is 0. The van der Waals surface area contributed by atoms with Crippen molar-refractivity contribution in [1.29, 1.82) is 0 Å². The van der Waals surface area contributed by atoms with E-state index in [2.05, 4.69) is 15.0 Å². The van der Waals surface area contributed by atoms with Gasteiger partial charge < -0.3 is 85.7 Å². The minimum atomic E-state index is -4.64. The molecule has 0 spiro atoms. The molecule has 3 heterocycles. The molecule has 26 heteroatoms. The van der Waals surface area contributed by atoms with Gasteiger partial charge in [-0.05, 0) is 0 Å². The van der Waals surface area contributed by atoms with Crippen LogP contribution in [0.15, 0.2) is 12.7 Å². The number of aromatic nitrogens is 4. The summed E-state index contributed by atoms with van der Waals surface area (Å²) in [4.78, 5) is 77.0. The molecular formula is C22H34N5O20P. The number of hydrogen-bond donors (Lipinski definition) is 14. The first kappa shape index (κ1) is 42.2. The number of carboxylic acid groups (broad SMARTS) is 2. The predicted octanol–water partition coefficient (Wildman–Crippen LogP) is -7.06. The number of imidazole rings is 1. The summed E-state index contributed by atoms with van der Waals surface area (Å²) in [5, 5.41) is 91.7. The van der Waals surface area contributed by atoms with Gasteiger partial charge in [-0.2, -0.15) is 0 Å². The van der Waals surface area contributed by atoms with Gasteiger partial charge in [0.2, 0.25) is 0 Å². The fourth-order valence-corrected chi connectivity index (χ4v) is 3.70. The lowest BCUT2D eigenvalue weighted by Crippen LogP contribution is -2.46. The quantitative estimate of drug-likeness (QED) is 0.0519. The molecule has 48 heavy (non-hydrogen) atoms. The van der Waals surface area contributed by atoms with E-state index >= 15 is 0 Å². The van der Waals surface area contributed by atoms with Crippen LogP contribution in [0, 0.1) is 0 Å². The molecule has 1 unspecified atom stereocenters. The van der Waals surface area contributed by atoms with Gasteiger partial charge in [-0.1, -0.05) is 0 Å². The largest absolute Gasteiger partial charge is 0.481 e. The fourth-order valence-electron chi connectivity index (χ4n) is 3.70. The third kappa shape index (κ3) is 12.3. The second kappa shape index (κ2) is 18.1. The predicted molar refractivity (Wildman–Crippen MR) is 148 cm³/mol. The van der Waals surface area contributed by atoms with Crippen LogP contribution in [0.25, 0.3) is 11.2 Å². The minimum Gasteiger partial charge on any atom is -0.481 e. The van der Waals surface area contributed by atoms with E-state index in [1.165, 1.54) is 17.2 Å². The summed E-state index contributed by atoms with van der Waals surface area (Å²) in [5.41, 5.74) is 3.31. The number of esters is 1. The number of carbonyl (C=O) groups excluding carboxylic acids is 2. The number of aliphatic hydroxyl groups excluding tert-OH is 7. The van der Waals surface area contributed by atoms with Crippen LogP contribution in [0.1, 0.15) is 19.1 Å². The highest BCUT2D eigenvalue weighted by Crippen LogP contribution is 2.32. The van der Waals surface area contributed by atoms with Crippen LogP contribution in [0.5, 0.6) is 0 Å². The van der Waals surface area contributed by atoms with Gasteiger partial charge in [0.25, 0.3) is 0 Å². The van der Waals surface area contributed by atoms with Crippen LogP contribution in [0.4, 0.5) is 5.82 Å². The summed E-state index contributed by atoms with van der Waals surface area (Å²) in [6, 6.07) is 0. The topological polar surface area (TPSA) is 436 Å². The smallest absolute Gasteiger partial charge is 0.466 e.